The van der Waals surface area contributed by atoms with Crippen LogP contribution in [0.4, 0.5) is 10.2 Å². The quantitative estimate of drug-likeness (QED) is 0.876. The second-order valence-corrected chi connectivity index (χ2v) is 5.23. The van der Waals surface area contributed by atoms with E-state index in [0.29, 0.717) is 41.3 Å². The van der Waals surface area contributed by atoms with Crippen molar-refractivity contribution < 1.29 is 9.13 Å². The molecule has 0 fully saturated rings. The molecule has 0 spiro atoms. The maximum atomic E-state index is 13.4. The van der Waals surface area contributed by atoms with Crippen molar-refractivity contribution in [2.45, 2.75) is 13.0 Å². The molecule has 1 aliphatic heterocycles. The van der Waals surface area contributed by atoms with E-state index in [0.717, 1.165) is 11.3 Å². The van der Waals surface area contributed by atoms with E-state index in [-0.39, 0.29) is 5.82 Å². The molecule has 0 aliphatic carbocycles. The van der Waals surface area contributed by atoms with Crippen LogP contribution in [0.5, 0.6) is 0 Å². The summed E-state index contributed by atoms with van der Waals surface area (Å²) in [6, 6.07) is 4.55. The van der Waals surface area contributed by atoms with E-state index in [2.05, 4.69) is 25.9 Å². The normalized spacial score (nSPS) is 14.2. The van der Waals surface area contributed by atoms with Crippen LogP contribution in [0, 0.1) is 5.82 Å². The number of hydrogen-bond donors (Lipinski definition) is 1. The predicted octanol–water partition coefficient (Wildman–Crippen LogP) is 2.70. The number of fused-ring (bicyclic) bond motifs is 1. The number of halogens is 2. The van der Waals surface area contributed by atoms with E-state index in [9.17, 15) is 4.39 Å². The molecule has 2 aromatic rings. The van der Waals surface area contributed by atoms with Crippen LogP contribution in [-0.2, 0) is 17.8 Å². The molecule has 0 radical (unpaired) electrons. The molecule has 98 valence electrons. The third-order valence-electron chi connectivity index (χ3n) is 2.98. The minimum absolute atomic E-state index is 0.340. The number of rotatable bonds is 1. The van der Waals surface area contributed by atoms with Crippen molar-refractivity contribution >= 4 is 21.7 Å². The summed E-state index contributed by atoms with van der Waals surface area (Å²) in [5.41, 5.74) is 8.25. The van der Waals surface area contributed by atoms with Crippen LogP contribution in [-0.4, -0.2) is 16.6 Å². The van der Waals surface area contributed by atoms with Gasteiger partial charge < -0.3 is 10.5 Å². The van der Waals surface area contributed by atoms with Gasteiger partial charge in [0.2, 0.25) is 0 Å². The van der Waals surface area contributed by atoms with Gasteiger partial charge in [0.25, 0.3) is 0 Å². The van der Waals surface area contributed by atoms with Crippen LogP contribution in [0.2, 0.25) is 0 Å². The Kier molecular flexibility index (Phi) is 3.20. The van der Waals surface area contributed by atoms with E-state index >= 15 is 0 Å². The molecule has 1 aromatic carbocycles. The Morgan fingerprint density at radius 2 is 2.11 bits per heavy atom. The predicted molar refractivity (Wildman–Crippen MR) is 72.9 cm³/mol. The van der Waals surface area contributed by atoms with Crippen molar-refractivity contribution in [1.29, 1.82) is 0 Å². The zero-order valence-electron chi connectivity index (χ0n) is 9.99. The molecule has 4 nitrogen and oxygen atoms in total. The highest BCUT2D eigenvalue weighted by molar-refractivity contribution is 9.10. The fraction of sp³-hybridized carbons (Fsp3) is 0.231. The molecule has 0 atom stereocenters. The van der Waals surface area contributed by atoms with Gasteiger partial charge in [-0.25, -0.2) is 14.4 Å². The number of benzene rings is 1. The number of ether oxygens (including phenoxy) is 1. The summed E-state index contributed by atoms with van der Waals surface area (Å²) >= 11 is 3.26. The molecule has 3 rings (SSSR count). The lowest BCUT2D eigenvalue weighted by Crippen LogP contribution is -2.16. The van der Waals surface area contributed by atoms with Crippen molar-refractivity contribution in [3.05, 3.63) is 39.7 Å². The first-order valence-electron chi connectivity index (χ1n) is 5.83. The Bertz CT molecular complexity index is 628. The highest BCUT2D eigenvalue weighted by atomic mass is 79.9. The van der Waals surface area contributed by atoms with Crippen molar-refractivity contribution in [2.24, 2.45) is 0 Å². The SMILES string of the molecule is Nc1nc(-c2cc(F)cc(Br)c2)nc2c1COCC2. The third-order valence-corrected chi connectivity index (χ3v) is 3.43. The van der Waals surface area contributed by atoms with Crippen LogP contribution in [0.15, 0.2) is 22.7 Å². The Hall–Kier alpha value is -1.53. The maximum absolute atomic E-state index is 13.4. The monoisotopic (exact) mass is 323 g/mol. The first-order valence-corrected chi connectivity index (χ1v) is 6.62. The van der Waals surface area contributed by atoms with Crippen LogP contribution in [0.3, 0.4) is 0 Å². The van der Waals surface area contributed by atoms with Gasteiger partial charge in [0.15, 0.2) is 5.82 Å². The van der Waals surface area contributed by atoms with Crippen LogP contribution < -0.4 is 5.73 Å². The highest BCUT2D eigenvalue weighted by Gasteiger charge is 2.17. The van der Waals surface area contributed by atoms with E-state index in [1.54, 1.807) is 6.07 Å². The lowest BCUT2D eigenvalue weighted by Gasteiger charge is -2.17. The Morgan fingerprint density at radius 3 is 2.89 bits per heavy atom. The molecule has 0 saturated heterocycles. The van der Waals surface area contributed by atoms with Gasteiger partial charge in [-0.05, 0) is 18.2 Å². The second-order valence-electron chi connectivity index (χ2n) is 4.32. The topological polar surface area (TPSA) is 61.0 Å². The van der Waals surface area contributed by atoms with Gasteiger partial charge in [0.1, 0.15) is 11.6 Å². The minimum atomic E-state index is -0.340. The molecule has 1 aliphatic rings. The van der Waals surface area contributed by atoms with Crippen LogP contribution in [0.25, 0.3) is 11.4 Å². The van der Waals surface area contributed by atoms with Gasteiger partial charge in [0, 0.05) is 22.0 Å². The molecule has 0 bridgehead atoms. The smallest absolute Gasteiger partial charge is 0.161 e. The Labute approximate surface area is 118 Å². The molecular weight excluding hydrogens is 313 g/mol. The summed E-state index contributed by atoms with van der Waals surface area (Å²) in [4.78, 5) is 8.71. The van der Waals surface area contributed by atoms with Crippen molar-refractivity contribution in [3.63, 3.8) is 0 Å². The fourth-order valence-electron chi connectivity index (χ4n) is 2.07. The molecule has 6 heteroatoms. The lowest BCUT2D eigenvalue weighted by atomic mass is 10.1. The van der Waals surface area contributed by atoms with E-state index in [1.165, 1.54) is 12.1 Å². The average molecular weight is 324 g/mol. The van der Waals surface area contributed by atoms with Crippen molar-refractivity contribution in [1.82, 2.24) is 9.97 Å². The summed E-state index contributed by atoms with van der Waals surface area (Å²) in [6.07, 6.45) is 0.700. The van der Waals surface area contributed by atoms with Gasteiger partial charge in [-0.1, -0.05) is 15.9 Å². The molecule has 0 unspecified atom stereocenters. The molecule has 19 heavy (non-hydrogen) atoms. The number of anilines is 1. The summed E-state index contributed by atoms with van der Waals surface area (Å²) in [5.74, 6) is 0.506. The van der Waals surface area contributed by atoms with Crippen molar-refractivity contribution in [3.8, 4) is 11.4 Å². The molecule has 0 amide bonds. The summed E-state index contributed by atoms with van der Waals surface area (Å²) in [7, 11) is 0. The number of nitrogens with zero attached hydrogens (tertiary/aromatic N) is 2. The number of hydrogen-bond acceptors (Lipinski definition) is 4. The number of nitrogens with two attached hydrogens (primary N) is 1. The summed E-state index contributed by atoms with van der Waals surface area (Å²) in [5, 5.41) is 0. The van der Waals surface area contributed by atoms with Gasteiger partial charge in [-0.15, -0.1) is 0 Å². The molecule has 2 heterocycles. The zero-order valence-corrected chi connectivity index (χ0v) is 11.6. The first kappa shape index (κ1) is 12.5. The molecule has 0 saturated carbocycles. The summed E-state index contributed by atoms with van der Waals surface area (Å²) < 4.78 is 19.4. The van der Waals surface area contributed by atoms with Gasteiger partial charge in [-0.3, -0.25) is 0 Å². The second kappa shape index (κ2) is 4.86. The van der Waals surface area contributed by atoms with Crippen molar-refractivity contribution in [2.75, 3.05) is 12.3 Å². The molecule has 1 aromatic heterocycles. The number of aromatic nitrogens is 2. The largest absolute Gasteiger partial charge is 0.383 e. The molecular formula is C13H11BrFN3O. The van der Waals surface area contributed by atoms with E-state index in [1.807, 2.05) is 0 Å². The number of nitrogen functional groups attached to an aromatic ring is 1. The van der Waals surface area contributed by atoms with Gasteiger partial charge >= 0.3 is 0 Å². The minimum Gasteiger partial charge on any atom is -0.383 e. The lowest BCUT2D eigenvalue weighted by molar-refractivity contribution is 0.109. The Morgan fingerprint density at radius 1 is 1.26 bits per heavy atom. The van der Waals surface area contributed by atoms with Gasteiger partial charge in [-0.2, -0.15) is 0 Å². The third kappa shape index (κ3) is 2.46. The maximum Gasteiger partial charge on any atom is 0.161 e. The van der Waals surface area contributed by atoms with Crippen LogP contribution >= 0.6 is 15.9 Å². The average Bonchev–Trinajstić information content (AvgIpc) is 2.37. The highest BCUT2D eigenvalue weighted by Crippen LogP contribution is 2.26. The summed E-state index contributed by atoms with van der Waals surface area (Å²) in [6.45, 7) is 1.06. The van der Waals surface area contributed by atoms with E-state index in [4.69, 9.17) is 10.5 Å². The van der Waals surface area contributed by atoms with Gasteiger partial charge in [0.05, 0.1) is 18.9 Å². The van der Waals surface area contributed by atoms with E-state index < -0.39 is 0 Å². The Balaban J connectivity index is 2.12. The molecule has 2 N–H and O–H groups in total. The fourth-order valence-corrected chi connectivity index (χ4v) is 2.53. The standard InChI is InChI=1S/C13H11BrFN3O/c14-8-3-7(4-9(15)5-8)13-17-11-1-2-19-6-10(11)12(16)18-13/h3-5H,1-2,6H2,(H2,16,17,18). The zero-order chi connectivity index (χ0) is 13.4. The van der Waals surface area contributed by atoms with Crippen LogP contribution in [0.1, 0.15) is 11.3 Å². The first-order chi connectivity index (χ1) is 9.13.